The number of nitrogens with one attached hydrogen (secondary N) is 2. The van der Waals surface area contributed by atoms with E-state index in [2.05, 4.69) is 26.2 Å². The Kier molecular flexibility index (Phi) is 5.00. The third kappa shape index (κ3) is 4.10. The number of hydrogen-bond donors (Lipinski definition) is 2. The summed E-state index contributed by atoms with van der Waals surface area (Å²) in [6.07, 6.45) is 2.01. The summed E-state index contributed by atoms with van der Waals surface area (Å²) in [6.45, 7) is 0.545. The first-order chi connectivity index (χ1) is 10.1. The van der Waals surface area contributed by atoms with Crippen molar-refractivity contribution in [1.82, 2.24) is 14.8 Å². The maximum atomic E-state index is 11.9. The summed E-state index contributed by atoms with van der Waals surface area (Å²) >= 11 is 0. The van der Waals surface area contributed by atoms with Gasteiger partial charge in [-0.25, -0.2) is 4.79 Å². The van der Waals surface area contributed by atoms with E-state index in [4.69, 9.17) is 0 Å². The molecular formula is C16H22N4O. The van der Waals surface area contributed by atoms with E-state index in [1.54, 1.807) is 0 Å². The molecular weight excluding hydrogens is 264 g/mol. The zero-order valence-corrected chi connectivity index (χ0v) is 12.7. The van der Waals surface area contributed by atoms with Gasteiger partial charge in [-0.15, -0.1) is 0 Å². The molecule has 0 saturated heterocycles. The molecule has 0 unspecified atom stereocenters. The standard InChI is InChI=1S/C16H22N4O/c1-19(2)15(14-10-7-11-20(14)3)12-17-16(21)18-13-8-5-4-6-9-13/h4-11,15H,12H2,1-3H3,(H2,17,18,21)/t15-/m1/s1. The van der Waals surface area contributed by atoms with Crippen molar-refractivity contribution >= 4 is 11.7 Å². The number of aromatic nitrogens is 1. The van der Waals surface area contributed by atoms with Gasteiger partial charge in [0.25, 0.3) is 0 Å². The van der Waals surface area contributed by atoms with Gasteiger partial charge in [0.05, 0.1) is 6.04 Å². The maximum absolute atomic E-state index is 11.9. The zero-order valence-electron chi connectivity index (χ0n) is 12.7. The fraction of sp³-hybridized carbons (Fsp3) is 0.312. The van der Waals surface area contributed by atoms with Crippen LogP contribution in [0.15, 0.2) is 48.7 Å². The molecule has 1 aromatic carbocycles. The number of para-hydroxylation sites is 1. The summed E-state index contributed by atoms with van der Waals surface area (Å²) in [7, 11) is 6.03. The number of aryl methyl sites for hydroxylation is 1. The van der Waals surface area contributed by atoms with Gasteiger partial charge in [-0.2, -0.15) is 0 Å². The Morgan fingerprint density at radius 1 is 1.19 bits per heavy atom. The summed E-state index contributed by atoms with van der Waals surface area (Å²) in [5.41, 5.74) is 1.95. The summed E-state index contributed by atoms with van der Waals surface area (Å²) in [6, 6.07) is 13.4. The van der Waals surface area contributed by atoms with Crippen LogP contribution in [0, 0.1) is 0 Å². The van der Waals surface area contributed by atoms with E-state index >= 15 is 0 Å². The lowest BCUT2D eigenvalue weighted by atomic mass is 10.2. The summed E-state index contributed by atoms with van der Waals surface area (Å²) < 4.78 is 2.07. The first kappa shape index (κ1) is 15.1. The molecule has 0 saturated carbocycles. The third-order valence-corrected chi connectivity index (χ3v) is 3.44. The largest absolute Gasteiger partial charge is 0.353 e. The molecule has 1 aromatic heterocycles. The molecule has 2 aromatic rings. The number of likely N-dealkylation sites (N-methyl/N-ethyl adjacent to an activating group) is 1. The van der Waals surface area contributed by atoms with Gasteiger partial charge in [0.15, 0.2) is 0 Å². The summed E-state index contributed by atoms with van der Waals surface area (Å²) in [5.74, 6) is 0. The molecule has 0 bridgehead atoms. The van der Waals surface area contributed by atoms with Crippen molar-refractivity contribution in [1.29, 1.82) is 0 Å². The summed E-state index contributed by atoms with van der Waals surface area (Å²) in [5, 5.41) is 5.74. The average Bonchev–Trinajstić information content (AvgIpc) is 2.86. The number of rotatable bonds is 5. The average molecular weight is 286 g/mol. The normalized spacial score (nSPS) is 12.2. The number of hydrogen-bond acceptors (Lipinski definition) is 2. The minimum absolute atomic E-state index is 0.131. The van der Waals surface area contributed by atoms with Crippen LogP contribution in [0.1, 0.15) is 11.7 Å². The second-order valence-electron chi connectivity index (χ2n) is 5.22. The Labute approximate surface area is 125 Å². The van der Waals surface area contributed by atoms with Crippen molar-refractivity contribution in [2.24, 2.45) is 7.05 Å². The van der Waals surface area contributed by atoms with Crippen LogP contribution in [-0.4, -0.2) is 36.1 Å². The molecule has 0 aliphatic heterocycles. The van der Waals surface area contributed by atoms with Gasteiger partial charge in [-0.05, 0) is 38.4 Å². The van der Waals surface area contributed by atoms with Crippen molar-refractivity contribution in [3.8, 4) is 0 Å². The Bertz CT molecular complexity index is 577. The monoisotopic (exact) mass is 286 g/mol. The van der Waals surface area contributed by atoms with Crippen LogP contribution in [-0.2, 0) is 7.05 Å². The Morgan fingerprint density at radius 3 is 2.48 bits per heavy atom. The summed E-state index contributed by atoms with van der Waals surface area (Å²) in [4.78, 5) is 14.0. The van der Waals surface area contributed by atoms with E-state index in [-0.39, 0.29) is 12.1 Å². The number of urea groups is 1. The van der Waals surface area contributed by atoms with Crippen LogP contribution < -0.4 is 10.6 Å². The van der Waals surface area contributed by atoms with Gasteiger partial charge in [-0.1, -0.05) is 18.2 Å². The fourth-order valence-corrected chi connectivity index (χ4v) is 2.26. The van der Waals surface area contributed by atoms with Gasteiger partial charge < -0.3 is 15.2 Å². The van der Waals surface area contributed by atoms with E-state index in [9.17, 15) is 4.79 Å². The van der Waals surface area contributed by atoms with Crippen LogP contribution in [0.4, 0.5) is 10.5 Å². The maximum Gasteiger partial charge on any atom is 0.319 e. The Balaban J connectivity index is 1.93. The van der Waals surface area contributed by atoms with Crippen LogP contribution in [0.5, 0.6) is 0 Å². The van der Waals surface area contributed by atoms with Gasteiger partial charge in [0.2, 0.25) is 0 Å². The van der Waals surface area contributed by atoms with Crippen molar-refractivity contribution in [3.63, 3.8) is 0 Å². The molecule has 0 fully saturated rings. The van der Waals surface area contributed by atoms with Crippen LogP contribution in [0.3, 0.4) is 0 Å². The van der Waals surface area contributed by atoms with Crippen molar-refractivity contribution in [2.75, 3.05) is 26.0 Å². The molecule has 1 atom stereocenters. The molecule has 0 aliphatic carbocycles. The van der Waals surface area contributed by atoms with Crippen molar-refractivity contribution in [2.45, 2.75) is 6.04 Å². The Hall–Kier alpha value is -2.27. The first-order valence-corrected chi connectivity index (χ1v) is 6.95. The molecule has 0 radical (unpaired) electrons. The highest BCUT2D eigenvalue weighted by Gasteiger charge is 2.17. The lowest BCUT2D eigenvalue weighted by molar-refractivity contribution is 0.241. The van der Waals surface area contributed by atoms with Gasteiger partial charge in [0.1, 0.15) is 0 Å². The van der Waals surface area contributed by atoms with Crippen LogP contribution >= 0.6 is 0 Å². The number of nitrogens with zero attached hydrogens (tertiary/aromatic N) is 2. The number of benzene rings is 1. The second-order valence-corrected chi connectivity index (χ2v) is 5.22. The lowest BCUT2D eigenvalue weighted by Crippen LogP contribution is -2.37. The number of carbonyl (C=O) groups excluding carboxylic acids is 1. The molecule has 21 heavy (non-hydrogen) atoms. The molecule has 2 N–H and O–H groups in total. The van der Waals surface area contributed by atoms with E-state index in [0.29, 0.717) is 6.54 Å². The molecule has 0 spiro atoms. The minimum Gasteiger partial charge on any atom is -0.353 e. The number of anilines is 1. The molecule has 2 rings (SSSR count). The highest BCUT2D eigenvalue weighted by Crippen LogP contribution is 2.17. The predicted molar refractivity (Wildman–Crippen MR) is 85.3 cm³/mol. The molecule has 112 valence electrons. The highest BCUT2D eigenvalue weighted by molar-refractivity contribution is 5.89. The topological polar surface area (TPSA) is 49.3 Å². The molecule has 0 aliphatic rings. The van der Waals surface area contributed by atoms with Gasteiger partial charge >= 0.3 is 6.03 Å². The third-order valence-electron chi connectivity index (χ3n) is 3.44. The SMILES string of the molecule is CN(C)[C@H](CNC(=O)Nc1ccccc1)c1cccn1C. The smallest absolute Gasteiger partial charge is 0.319 e. The van der Waals surface area contributed by atoms with Crippen molar-refractivity contribution in [3.05, 3.63) is 54.4 Å². The quantitative estimate of drug-likeness (QED) is 0.887. The van der Waals surface area contributed by atoms with E-state index in [0.717, 1.165) is 5.69 Å². The van der Waals surface area contributed by atoms with Gasteiger partial charge in [-0.3, -0.25) is 4.90 Å². The first-order valence-electron chi connectivity index (χ1n) is 6.95. The minimum atomic E-state index is -0.192. The zero-order chi connectivity index (χ0) is 15.2. The fourth-order valence-electron chi connectivity index (χ4n) is 2.26. The van der Waals surface area contributed by atoms with E-state index in [1.165, 1.54) is 5.69 Å². The molecule has 5 heteroatoms. The van der Waals surface area contributed by atoms with Crippen LogP contribution in [0.25, 0.3) is 0 Å². The number of amides is 2. The van der Waals surface area contributed by atoms with Crippen LogP contribution in [0.2, 0.25) is 0 Å². The molecule has 2 amide bonds. The number of carbonyl (C=O) groups is 1. The lowest BCUT2D eigenvalue weighted by Gasteiger charge is -2.25. The second kappa shape index (κ2) is 6.95. The molecule has 5 nitrogen and oxygen atoms in total. The van der Waals surface area contributed by atoms with Crippen molar-refractivity contribution < 1.29 is 4.79 Å². The highest BCUT2D eigenvalue weighted by atomic mass is 16.2. The molecule has 1 heterocycles. The van der Waals surface area contributed by atoms with E-state index in [1.807, 2.05) is 63.7 Å². The predicted octanol–water partition coefficient (Wildman–Crippen LogP) is 2.45. The van der Waals surface area contributed by atoms with E-state index < -0.39 is 0 Å². The Morgan fingerprint density at radius 2 is 1.90 bits per heavy atom. The van der Waals surface area contributed by atoms with Gasteiger partial charge in [0, 0.05) is 31.2 Å².